The van der Waals surface area contributed by atoms with Crippen molar-refractivity contribution in [1.29, 1.82) is 0 Å². The summed E-state index contributed by atoms with van der Waals surface area (Å²) in [5.74, 6) is 0.0598. The van der Waals surface area contributed by atoms with Gasteiger partial charge in [-0.1, -0.05) is 22.4 Å². The summed E-state index contributed by atoms with van der Waals surface area (Å²) in [4.78, 5) is 12.0. The van der Waals surface area contributed by atoms with Gasteiger partial charge in [0.25, 0.3) is 5.91 Å². The van der Waals surface area contributed by atoms with E-state index in [1.807, 2.05) is 0 Å². The van der Waals surface area contributed by atoms with Crippen LogP contribution < -0.4 is 5.32 Å². The van der Waals surface area contributed by atoms with Crippen LogP contribution >= 0.6 is 0 Å². The van der Waals surface area contributed by atoms with Crippen molar-refractivity contribution in [2.24, 2.45) is 0 Å². The van der Waals surface area contributed by atoms with Crippen LogP contribution in [0.25, 0.3) is 11.3 Å². The smallest absolute Gasteiger partial charge is 0.278 e. The van der Waals surface area contributed by atoms with Crippen molar-refractivity contribution in [2.45, 2.75) is 6.92 Å². The summed E-state index contributed by atoms with van der Waals surface area (Å²) in [5.41, 5.74) is 1.79. The molecular formula is C14H11N3O4. The molecule has 0 spiro atoms. The van der Waals surface area contributed by atoms with Gasteiger partial charge in [-0.3, -0.25) is 4.79 Å². The van der Waals surface area contributed by atoms with E-state index in [1.165, 1.54) is 18.4 Å². The van der Waals surface area contributed by atoms with Gasteiger partial charge in [0, 0.05) is 11.6 Å². The van der Waals surface area contributed by atoms with Gasteiger partial charge in [0.2, 0.25) is 0 Å². The molecule has 3 rings (SSSR count). The maximum Gasteiger partial charge on any atom is 0.278 e. The van der Waals surface area contributed by atoms with E-state index < -0.39 is 5.91 Å². The number of carbonyl (C=O) groups excluding carboxylic acids is 1. The molecule has 1 aromatic carbocycles. The minimum atomic E-state index is -0.434. The Morgan fingerprint density at radius 1 is 1.29 bits per heavy atom. The Bertz CT molecular complexity index is 791. The van der Waals surface area contributed by atoms with E-state index in [2.05, 4.69) is 15.6 Å². The minimum Gasteiger partial charge on any atom is -0.508 e. The minimum absolute atomic E-state index is 0.106. The zero-order valence-electron chi connectivity index (χ0n) is 11.0. The van der Waals surface area contributed by atoms with Crippen molar-refractivity contribution in [3.05, 3.63) is 48.0 Å². The van der Waals surface area contributed by atoms with E-state index >= 15 is 0 Å². The van der Waals surface area contributed by atoms with E-state index in [1.54, 1.807) is 25.1 Å². The van der Waals surface area contributed by atoms with Gasteiger partial charge in [-0.15, -0.1) is 0 Å². The molecule has 0 bridgehead atoms. The number of aromatic nitrogens is 2. The molecule has 21 heavy (non-hydrogen) atoms. The lowest BCUT2D eigenvalue weighted by Gasteiger charge is -1.98. The van der Waals surface area contributed by atoms with Crippen LogP contribution in [-0.4, -0.2) is 21.3 Å². The first kappa shape index (κ1) is 12.9. The number of aromatic hydroxyl groups is 1. The van der Waals surface area contributed by atoms with Crippen molar-refractivity contribution in [3.8, 4) is 17.1 Å². The van der Waals surface area contributed by atoms with Gasteiger partial charge >= 0.3 is 0 Å². The van der Waals surface area contributed by atoms with Crippen LogP contribution in [0.1, 0.15) is 16.2 Å². The number of amides is 1. The Morgan fingerprint density at radius 3 is 2.86 bits per heavy atom. The first-order valence-electron chi connectivity index (χ1n) is 6.12. The maximum absolute atomic E-state index is 12.0. The summed E-state index contributed by atoms with van der Waals surface area (Å²) in [6.45, 7) is 1.71. The van der Waals surface area contributed by atoms with Crippen LogP contribution in [0.15, 0.2) is 45.6 Å². The second-order valence-corrected chi connectivity index (χ2v) is 4.39. The number of carbonyl (C=O) groups is 1. The zero-order chi connectivity index (χ0) is 14.8. The topological polar surface area (TPSA) is 101 Å². The van der Waals surface area contributed by atoms with Gasteiger partial charge in [0.05, 0.1) is 0 Å². The Balaban J connectivity index is 1.82. The highest BCUT2D eigenvalue weighted by atomic mass is 16.5. The second-order valence-electron chi connectivity index (χ2n) is 4.39. The van der Waals surface area contributed by atoms with Crippen LogP contribution in [0.2, 0.25) is 0 Å². The monoisotopic (exact) mass is 285 g/mol. The highest BCUT2D eigenvalue weighted by Gasteiger charge is 2.16. The molecule has 0 fully saturated rings. The summed E-state index contributed by atoms with van der Waals surface area (Å²) in [6.07, 6.45) is 1.34. The third-order valence-electron chi connectivity index (χ3n) is 2.87. The van der Waals surface area contributed by atoms with Crippen LogP contribution in [0.3, 0.4) is 0 Å². The van der Waals surface area contributed by atoms with E-state index in [-0.39, 0.29) is 11.4 Å². The predicted molar refractivity (Wildman–Crippen MR) is 72.8 cm³/mol. The van der Waals surface area contributed by atoms with E-state index in [4.69, 9.17) is 9.05 Å². The molecule has 1 amide bonds. The molecule has 106 valence electrons. The zero-order valence-corrected chi connectivity index (χ0v) is 11.0. The lowest BCUT2D eigenvalue weighted by atomic mass is 10.1. The summed E-state index contributed by atoms with van der Waals surface area (Å²) >= 11 is 0. The highest BCUT2D eigenvalue weighted by molar-refractivity contribution is 6.03. The molecule has 2 heterocycles. The second kappa shape index (κ2) is 5.12. The molecule has 7 heteroatoms. The van der Waals surface area contributed by atoms with Gasteiger partial charge in [-0.2, -0.15) is 0 Å². The number of phenols is 1. The highest BCUT2D eigenvalue weighted by Crippen LogP contribution is 2.24. The van der Waals surface area contributed by atoms with Gasteiger partial charge in [0.1, 0.15) is 23.4 Å². The number of nitrogens with zero attached hydrogens (tertiary/aromatic N) is 2. The number of nitrogens with one attached hydrogen (secondary N) is 1. The van der Waals surface area contributed by atoms with Crippen molar-refractivity contribution >= 4 is 11.6 Å². The number of hydrogen-bond donors (Lipinski definition) is 2. The van der Waals surface area contributed by atoms with E-state index in [9.17, 15) is 9.90 Å². The average molecular weight is 285 g/mol. The molecule has 7 nitrogen and oxygen atoms in total. The Morgan fingerprint density at radius 2 is 2.14 bits per heavy atom. The summed E-state index contributed by atoms with van der Waals surface area (Å²) in [6, 6.07) is 7.97. The molecule has 0 radical (unpaired) electrons. The lowest BCUT2D eigenvalue weighted by Crippen LogP contribution is -2.12. The standard InChI is InChI=1S/C14H11N3O4/c1-8-12(7-20-16-8)15-14(19)11-6-13(21-17-11)9-3-2-4-10(18)5-9/h2-7,18H,1H3,(H,15,19). The Kier molecular flexibility index (Phi) is 3.15. The first-order valence-corrected chi connectivity index (χ1v) is 6.12. The van der Waals surface area contributed by atoms with Gasteiger partial charge < -0.3 is 19.5 Å². The number of anilines is 1. The molecule has 0 unspecified atom stereocenters. The Labute approximate surface area is 119 Å². The average Bonchev–Trinajstić information content (AvgIpc) is 3.09. The van der Waals surface area contributed by atoms with Crippen LogP contribution in [-0.2, 0) is 0 Å². The largest absolute Gasteiger partial charge is 0.508 e. The van der Waals surface area contributed by atoms with Crippen LogP contribution in [0.4, 0.5) is 5.69 Å². The normalized spacial score (nSPS) is 10.5. The first-order chi connectivity index (χ1) is 10.1. The molecule has 0 aliphatic rings. The molecule has 0 atom stereocenters. The lowest BCUT2D eigenvalue weighted by molar-refractivity contribution is 0.101. The van der Waals surface area contributed by atoms with Gasteiger partial charge in [-0.05, 0) is 19.1 Å². The predicted octanol–water partition coefficient (Wildman–Crippen LogP) is 2.60. The van der Waals surface area contributed by atoms with Gasteiger partial charge in [0.15, 0.2) is 11.5 Å². The Hall–Kier alpha value is -3.09. The molecule has 0 saturated heterocycles. The summed E-state index contributed by atoms with van der Waals surface area (Å²) in [7, 11) is 0. The molecular weight excluding hydrogens is 274 g/mol. The van der Waals surface area contributed by atoms with Crippen molar-refractivity contribution < 1.29 is 18.9 Å². The maximum atomic E-state index is 12.0. The summed E-state index contributed by atoms with van der Waals surface area (Å²) in [5, 5.41) is 19.4. The van der Waals surface area contributed by atoms with Gasteiger partial charge in [-0.25, -0.2) is 0 Å². The van der Waals surface area contributed by atoms with Crippen molar-refractivity contribution in [3.63, 3.8) is 0 Å². The fourth-order valence-corrected chi connectivity index (χ4v) is 1.78. The molecule has 0 aliphatic heterocycles. The van der Waals surface area contributed by atoms with E-state index in [0.29, 0.717) is 22.7 Å². The molecule has 3 aromatic rings. The number of aryl methyl sites for hydroxylation is 1. The SMILES string of the molecule is Cc1nocc1NC(=O)c1cc(-c2cccc(O)c2)on1. The van der Waals surface area contributed by atoms with E-state index in [0.717, 1.165) is 0 Å². The quantitative estimate of drug-likeness (QED) is 0.767. The molecule has 0 saturated carbocycles. The number of rotatable bonds is 3. The fourth-order valence-electron chi connectivity index (χ4n) is 1.78. The van der Waals surface area contributed by atoms with Crippen molar-refractivity contribution in [2.75, 3.05) is 5.32 Å². The third kappa shape index (κ3) is 2.62. The number of benzene rings is 1. The van der Waals surface area contributed by atoms with Crippen molar-refractivity contribution in [1.82, 2.24) is 10.3 Å². The fraction of sp³-hybridized carbons (Fsp3) is 0.0714. The van der Waals surface area contributed by atoms with Crippen LogP contribution in [0.5, 0.6) is 5.75 Å². The number of phenolic OH excluding ortho intramolecular Hbond substituents is 1. The summed E-state index contributed by atoms with van der Waals surface area (Å²) < 4.78 is 9.85. The molecule has 2 aromatic heterocycles. The molecule has 0 aliphatic carbocycles. The number of hydrogen-bond acceptors (Lipinski definition) is 6. The molecule has 2 N–H and O–H groups in total. The van der Waals surface area contributed by atoms with Crippen LogP contribution in [0, 0.1) is 6.92 Å². The third-order valence-corrected chi connectivity index (χ3v) is 2.87.